The van der Waals surface area contributed by atoms with Gasteiger partial charge in [-0.2, -0.15) is 0 Å². The van der Waals surface area contributed by atoms with Crippen LogP contribution in [0.4, 0.5) is 0 Å². The Morgan fingerprint density at radius 2 is 1.20 bits per heavy atom. The summed E-state index contributed by atoms with van der Waals surface area (Å²) in [7, 11) is 1.75. The second-order valence-electron chi connectivity index (χ2n) is 1.66. The van der Waals surface area contributed by atoms with E-state index >= 15 is 0 Å². The van der Waals surface area contributed by atoms with Gasteiger partial charge in [0.05, 0.1) is 0 Å². The first-order valence-corrected chi connectivity index (χ1v) is 9.37. The van der Waals surface area contributed by atoms with Crippen molar-refractivity contribution in [2.75, 3.05) is 19.6 Å². The summed E-state index contributed by atoms with van der Waals surface area (Å²) in [6.07, 6.45) is 0. The third-order valence-electron chi connectivity index (χ3n) is 1.34. The standard InChI is InChI=1S/C6H15N.Cu.2HI/c1-4-7(5-2)6-3;;;/h4-6H2,1-3H3;;2*1H/q;+2;;/p-2. The monoisotopic (exact) mass is 418 g/mol. The maximum absolute atomic E-state index is 2.38. The van der Waals surface area contributed by atoms with E-state index < -0.39 is 0 Å². The molecule has 0 aromatic carbocycles. The van der Waals surface area contributed by atoms with Gasteiger partial charge in [-0.3, -0.25) is 0 Å². The zero-order chi connectivity index (χ0) is 8.41. The van der Waals surface area contributed by atoms with Crippen molar-refractivity contribution in [1.29, 1.82) is 0 Å². The van der Waals surface area contributed by atoms with Gasteiger partial charge in [0.1, 0.15) is 0 Å². The molecular formula is C6H15CuI2N. The minimum absolute atomic E-state index is 1.19. The SMILES string of the molecule is CCN(CC)CC.[I][Cu][I]. The number of nitrogens with zero attached hydrogens (tertiary/aromatic N) is 1. The summed E-state index contributed by atoms with van der Waals surface area (Å²) in [6.45, 7) is 10.1. The number of hydrogen-bond acceptors (Lipinski definition) is 1. The Balaban J connectivity index is 0. The number of rotatable bonds is 3. The predicted octanol–water partition coefficient (Wildman–Crippen LogP) is 3.12. The molecule has 0 aliphatic heterocycles. The molecule has 0 bridgehead atoms. The first-order valence-electron chi connectivity index (χ1n) is 3.30. The Kier molecular flexibility index (Phi) is 19.6. The van der Waals surface area contributed by atoms with Gasteiger partial charge >= 0.3 is 49.1 Å². The van der Waals surface area contributed by atoms with Gasteiger partial charge in [0, 0.05) is 0 Å². The molecule has 1 nitrogen and oxygen atoms in total. The van der Waals surface area contributed by atoms with Crippen LogP contribution in [0.5, 0.6) is 0 Å². The van der Waals surface area contributed by atoms with Gasteiger partial charge in [0.15, 0.2) is 0 Å². The molecule has 0 aromatic rings. The summed E-state index contributed by atoms with van der Waals surface area (Å²) >= 11 is 4.36. The maximum atomic E-state index is 2.38. The molecule has 0 unspecified atom stereocenters. The minimum atomic E-state index is 1.19. The summed E-state index contributed by atoms with van der Waals surface area (Å²) in [5.41, 5.74) is 0. The van der Waals surface area contributed by atoms with Crippen LogP contribution in [0, 0.1) is 0 Å². The second kappa shape index (κ2) is 13.5. The van der Waals surface area contributed by atoms with E-state index in [4.69, 9.17) is 0 Å². The summed E-state index contributed by atoms with van der Waals surface area (Å²) in [5, 5.41) is 0. The Labute approximate surface area is 93.3 Å². The van der Waals surface area contributed by atoms with Crippen molar-refractivity contribution in [2.24, 2.45) is 0 Å². The van der Waals surface area contributed by atoms with Crippen molar-refractivity contribution in [2.45, 2.75) is 20.8 Å². The zero-order valence-electron chi connectivity index (χ0n) is 6.63. The summed E-state index contributed by atoms with van der Waals surface area (Å²) in [6, 6.07) is 0. The van der Waals surface area contributed by atoms with E-state index in [1.807, 2.05) is 0 Å². The van der Waals surface area contributed by atoms with E-state index in [-0.39, 0.29) is 0 Å². The molecule has 10 heavy (non-hydrogen) atoms. The molecule has 0 heterocycles. The molecule has 69 valence electrons. The van der Waals surface area contributed by atoms with Gasteiger partial charge in [0.2, 0.25) is 0 Å². The molecule has 0 aromatic heterocycles. The normalized spacial score (nSPS) is 9.40. The first-order chi connectivity index (χ1) is 4.76. The molecule has 0 aliphatic carbocycles. The van der Waals surface area contributed by atoms with E-state index in [2.05, 4.69) is 66.4 Å². The molecule has 0 amide bonds. The van der Waals surface area contributed by atoms with Crippen molar-refractivity contribution in [3.8, 4) is 0 Å². The fourth-order valence-corrected chi connectivity index (χ4v) is 0.671. The quantitative estimate of drug-likeness (QED) is 0.503. The molecule has 0 saturated carbocycles. The van der Waals surface area contributed by atoms with E-state index in [0.717, 1.165) is 0 Å². The topological polar surface area (TPSA) is 3.24 Å². The third-order valence-corrected chi connectivity index (χ3v) is 1.34. The molecular weight excluding hydrogens is 403 g/mol. The van der Waals surface area contributed by atoms with Crippen molar-refractivity contribution in [1.82, 2.24) is 4.90 Å². The van der Waals surface area contributed by atoms with Crippen LogP contribution in [-0.4, -0.2) is 24.5 Å². The number of halogens is 2. The molecule has 0 N–H and O–H groups in total. The van der Waals surface area contributed by atoms with Gasteiger partial charge in [-0.25, -0.2) is 0 Å². The van der Waals surface area contributed by atoms with Crippen LogP contribution in [0.2, 0.25) is 0 Å². The molecule has 0 radical (unpaired) electrons. The van der Waals surface area contributed by atoms with Crippen molar-refractivity contribution in [3.63, 3.8) is 0 Å². The van der Waals surface area contributed by atoms with Crippen molar-refractivity contribution in [3.05, 3.63) is 0 Å². The van der Waals surface area contributed by atoms with Gasteiger partial charge < -0.3 is 4.90 Å². The zero-order valence-corrected chi connectivity index (χ0v) is 11.9. The predicted molar refractivity (Wildman–Crippen MR) is 61.5 cm³/mol. The van der Waals surface area contributed by atoms with Gasteiger partial charge in [-0.1, -0.05) is 20.8 Å². The van der Waals surface area contributed by atoms with Crippen LogP contribution in [-0.2, 0) is 8.46 Å². The Bertz CT molecular complexity index is 45.5. The fraction of sp³-hybridized carbons (Fsp3) is 1.00. The summed E-state index contributed by atoms with van der Waals surface area (Å²) < 4.78 is 0. The summed E-state index contributed by atoms with van der Waals surface area (Å²) in [5.74, 6) is 0. The van der Waals surface area contributed by atoms with Gasteiger partial charge in [0.25, 0.3) is 0 Å². The Hall–Kier alpha value is 1.94. The Morgan fingerprint density at radius 3 is 1.20 bits per heavy atom. The molecule has 4 heteroatoms. The third kappa shape index (κ3) is 12.6. The van der Waals surface area contributed by atoms with Crippen LogP contribution in [0.3, 0.4) is 0 Å². The summed E-state index contributed by atoms with van der Waals surface area (Å²) in [4.78, 5) is 2.38. The molecule has 0 saturated heterocycles. The van der Waals surface area contributed by atoms with Crippen LogP contribution in [0.25, 0.3) is 0 Å². The van der Waals surface area contributed by atoms with Crippen molar-refractivity contribution < 1.29 is 8.46 Å². The number of hydrogen-bond donors (Lipinski definition) is 0. The van der Waals surface area contributed by atoms with Gasteiger partial charge in [-0.15, -0.1) is 0 Å². The average molecular weight is 419 g/mol. The van der Waals surface area contributed by atoms with Crippen LogP contribution >= 0.6 is 40.7 Å². The van der Waals surface area contributed by atoms with Crippen LogP contribution in [0.1, 0.15) is 20.8 Å². The average Bonchev–Trinajstić information content (AvgIpc) is 1.93. The van der Waals surface area contributed by atoms with E-state index in [1.54, 1.807) is 8.46 Å². The molecule has 0 atom stereocenters. The first kappa shape index (κ1) is 14.5. The Morgan fingerprint density at radius 1 is 1.00 bits per heavy atom. The van der Waals surface area contributed by atoms with Gasteiger partial charge in [-0.05, 0) is 19.6 Å². The molecule has 0 rings (SSSR count). The molecule has 0 fully saturated rings. The fourth-order valence-electron chi connectivity index (χ4n) is 0.671. The van der Waals surface area contributed by atoms with E-state index in [9.17, 15) is 0 Å². The van der Waals surface area contributed by atoms with Crippen LogP contribution in [0.15, 0.2) is 0 Å². The van der Waals surface area contributed by atoms with E-state index in [1.165, 1.54) is 19.6 Å². The molecule has 0 spiro atoms. The van der Waals surface area contributed by atoms with E-state index in [0.29, 0.717) is 0 Å². The second-order valence-corrected chi connectivity index (χ2v) is 9.61. The van der Waals surface area contributed by atoms with Crippen molar-refractivity contribution >= 4 is 40.7 Å². The molecule has 0 aliphatic rings. The van der Waals surface area contributed by atoms with Crippen LogP contribution < -0.4 is 0 Å².